The lowest BCUT2D eigenvalue weighted by Crippen LogP contribution is -2.16. The van der Waals surface area contributed by atoms with Crippen molar-refractivity contribution in [2.45, 2.75) is 25.8 Å². The number of hydrogen-bond donors (Lipinski definition) is 2. The molecule has 0 aromatic heterocycles. The lowest BCUT2D eigenvalue weighted by atomic mass is 9.98. The van der Waals surface area contributed by atoms with Gasteiger partial charge in [-0.15, -0.1) is 0 Å². The van der Waals surface area contributed by atoms with Crippen LogP contribution in [0.1, 0.15) is 30.4 Å². The molecule has 0 aliphatic carbocycles. The first-order valence-corrected chi connectivity index (χ1v) is 7.27. The van der Waals surface area contributed by atoms with E-state index in [2.05, 4.69) is 36.5 Å². The molecule has 2 aromatic rings. The van der Waals surface area contributed by atoms with E-state index < -0.39 is 0 Å². The molecule has 0 saturated carbocycles. The summed E-state index contributed by atoms with van der Waals surface area (Å²) >= 11 is 5.92. The van der Waals surface area contributed by atoms with Crippen molar-refractivity contribution in [2.75, 3.05) is 6.54 Å². The van der Waals surface area contributed by atoms with Crippen molar-refractivity contribution in [3.63, 3.8) is 0 Å². The number of hydrogen-bond acceptors (Lipinski definition) is 2. The van der Waals surface area contributed by atoms with Crippen molar-refractivity contribution in [1.82, 2.24) is 5.32 Å². The molecule has 0 saturated heterocycles. The van der Waals surface area contributed by atoms with Crippen LogP contribution in [0.2, 0.25) is 5.02 Å². The van der Waals surface area contributed by atoms with E-state index in [1.54, 1.807) is 18.2 Å². The first-order chi connectivity index (χ1) is 9.66. The Morgan fingerprint density at radius 3 is 2.65 bits per heavy atom. The number of phenols is 1. The molecule has 0 radical (unpaired) electrons. The number of halogens is 1. The first-order valence-electron chi connectivity index (χ1n) is 6.90. The number of aromatic hydroxyl groups is 1. The fourth-order valence-corrected chi connectivity index (χ4v) is 2.38. The van der Waals surface area contributed by atoms with Gasteiger partial charge in [0.25, 0.3) is 0 Å². The Bertz CT molecular complexity index is 542. The lowest BCUT2D eigenvalue weighted by Gasteiger charge is -2.13. The monoisotopic (exact) mass is 289 g/mol. The van der Waals surface area contributed by atoms with Crippen LogP contribution in [0.25, 0.3) is 0 Å². The molecule has 20 heavy (non-hydrogen) atoms. The molecule has 1 unspecified atom stereocenters. The first kappa shape index (κ1) is 14.9. The number of rotatable bonds is 6. The Morgan fingerprint density at radius 2 is 1.90 bits per heavy atom. The van der Waals surface area contributed by atoms with Gasteiger partial charge in [0.15, 0.2) is 0 Å². The molecular weight excluding hydrogens is 270 g/mol. The summed E-state index contributed by atoms with van der Waals surface area (Å²) in [7, 11) is 0. The zero-order chi connectivity index (χ0) is 14.4. The van der Waals surface area contributed by atoms with Crippen molar-refractivity contribution in [3.8, 4) is 5.75 Å². The summed E-state index contributed by atoms with van der Waals surface area (Å²) < 4.78 is 0. The van der Waals surface area contributed by atoms with Gasteiger partial charge in [-0.2, -0.15) is 0 Å². The number of nitrogens with one attached hydrogen (secondary N) is 1. The molecule has 2 aromatic carbocycles. The summed E-state index contributed by atoms with van der Waals surface area (Å²) in [5.74, 6) is 0.815. The minimum atomic E-state index is 0.290. The van der Waals surface area contributed by atoms with Crippen molar-refractivity contribution >= 4 is 11.6 Å². The van der Waals surface area contributed by atoms with E-state index in [-0.39, 0.29) is 5.75 Å². The van der Waals surface area contributed by atoms with Gasteiger partial charge in [0.1, 0.15) is 5.75 Å². The normalized spacial score (nSPS) is 12.3. The zero-order valence-corrected chi connectivity index (χ0v) is 12.4. The van der Waals surface area contributed by atoms with E-state index in [0.717, 1.165) is 18.5 Å². The van der Waals surface area contributed by atoms with Crippen molar-refractivity contribution in [1.29, 1.82) is 0 Å². The standard InChI is InChI=1S/C17H20ClNO/c1-13(14-5-3-2-4-6-14)9-10-19-12-15-11-16(18)7-8-17(15)20/h2-8,11,13,19-20H,9-10,12H2,1H3. The summed E-state index contributed by atoms with van der Waals surface area (Å²) in [4.78, 5) is 0. The Hall–Kier alpha value is -1.51. The highest BCUT2D eigenvalue weighted by molar-refractivity contribution is 6.30. The Kier molecular flexibility index (Phi) is 5.45. The quantitative estimate of drug-likeness (QED) is 0.776. The van der Waals surface area contributed by atoms with Gasteiger partial charge < -0.3 is 10.4 Å². The van der Waals surface area contributed by atoms with Gasteiger partial charge in [-0.3, -0.25) is 0 Å². The second-order valence-electron chi connectivity index (χ2n) is 5.05. The van der Waals surface area contributed by atoms with Gasteiger partial charge in [-0.1, -0.05) is 48.9 Å². The summed E-state index contributed by atoms with van der Waals surface area (Å²) in [6.45, 7) is 3.77. The van der Waals surface area contributed by atoms with Crippen LogP contribution in [0.5, 0.6) is 5.75 Å². The van der Waals surface area contributed by atoms with Crippen LogP contribution in [0.15, 0.2) is 48.5 Å². The Balaban J connectivity index is 1.78. The summed E-state index contributed by atoms with van der Waals surface area (Å²) in [5, 5.41) is 13.7. The third kappa shape index (κ3) is 4.26. The molecule has 1 atom stereocenters. The maximum atomic E-state index is 9.72. The minimum Gasteiger partial charge on any atom is -0.508 e. The van der Waals surface area contributed by atoms with E-state index in [1.165, 1.54) is 5.56 Å². The molecular formula is C17H20ClNO. The number of benzene rings is 2. The minimum absolute atomic E-state index is 0.290. The largest absolute Gasteiger partial charge is 0.508 e. The molecule has 106 valence electrons. The van der Waals surface area contributed by atoms with E-state index in [1.807, 2.05) is 6.07 Å². The third-order valence-electron chi connectivity index (χ3n) is 3.48. The van der Waals surface area contributed by atoms with Gasteiger partial charge in [0, 0.05) is 17.1 Å². The van der Waals surface area contributed by atoms with Gasteiger partial charge in [0.2, 0.25) is 0 Å². The maximum absolute atomic E-state index is 9.72. The van der Waals surface area contributed by atoms with Crippen LogP contribution >= 0.6 is 11.6 Å². The number of phenolic OH excluding ortho intramolecular Hbond substituents is 1. The third-order valence-corrected chi connectivity index (χ3v) is 3.71. The van der Waals surface area contributed by atoms with E-state index >= 15 is 0 Å². The van der Waals surface area contributed by atoms with Crippen LogP contribution < -0.4 is 5.32 Å². The van der Waals surface area contributed by atoms with Gasteiger partial charge >= 0.3 is 0 Å². The topological polar surface area (TPSA) is 32.3 Å². The second kappa shape index (κ2) is 7.32. The second-order valence-corrected chi connectivity index (χ2v) is 5.49. The highest BCUT2D eigenvalue weighted by Crippen LogP contribution is 2.21. The molecule has 0 aliphatic heterocycles. The zero-order valence-electron chi connectivity index (χ0n) is 11.6. The van der Waals surface area contributed by atoms with Crippen molar-refractivity contribution in [3.05, 3.63) is 64.7 Å². The lowest BCUT2D eigenvalue weighted by molar-refractivity contribution is 0.463. The molecule has 2 rings (SSSR count). The molecule has 0 fully saturated rings. The SMILES string of the molecule is CC(CCNCc1cc(Cl)ccc1O)c1ccccc1. The van der Waals surface area contributed by atoms with Crippen molar-refractivity contribution < 1.29 is 5.11 Å². The summed E-state index contributed by atoms with van der Waals surface area (Å²) in [5.41, 5.74) is 2.20. The molecule has 2 nitrogen and oxygen atoms in total. The molecule has 0 spiro atoms. The summed E-state index contributed by atoms with van der Waals surface area (Å²) in [6.07, 6.45) is 1.06. The van der Waals surface area contributed by atoms with E-state index in [0.29, 0.717) is 17.5 Å². The fraction of sp³-hybridized carbons (Fsp3) is 0.294. The predicted molar refractivity (Wildman–Crippen MR) is 84.3 cm³/mol. The van der Waals surface area contributed by atoms with Crippen LogP contribution in [-0.2, 0) is 6.54 Å². The highest BCUT2D eigenvalue weighted by Gasteiger charge is 2.05. The Labute approximate surface area is 125 Å². The van der Waals surface area contributed by atoms with Gasteiger partial charge in [-0.05, 0) is 42.6 Å². The average Bonchev–Trinajstić information content (AvgIpc) is 2.47. The van der Waals surface area contributed by atoms with E-state index in [4.69, 9.17) is 11.6 Å². The van der Waals surface area contributed by atoms with Crippen LogP contribution in [0.4, 0.5) is 0 Å². The van der Waals surface area contributed by atoms with Gasteiger partial charge in [-0.25, -0.2) is 0 Å². The molecule has 2 N–H and O–H groups in total. The van der Waals surface area contributed by atoms with Crippen LogP contribution in [-0.4, -0.2) is 11.7 Å². The smallest absolute Gasteiger partial charge is 0.120 e. The van der Waals surface area contributed by atoms with E-state index in [9.17, 15) is 5.11 Å². The average molecular weight is 290 g/mol. The highest BCUT2D eigenvalue weighted by atomic mass is 35.5. The Morgan fingerprint density at radius 1 is 1.15 bits per heavy atom. The summed E-state index contributed by atoms with van der Waals surface area (Å²) in [6, 6.07) is 15.6. The predicted octanol–water partition coefficient (Wildman–Crippen LogP) is 4.33. The molecule has 3 heteroatoms. The fourth-order valence-electron chi connectivity index (χ4n) is 2.19. The molecule has 0 bridgehead atoms. The van der Waals surface area contributed by atoms with Crippen LogP contribution in [0, 0.1) is 0 Å². The van der Waals surface area contributed by atoms with Crippen LogP contribution in [0.3, 0.4) is 0 Å². The maximum Gasteiger partial charge on any atom is 0.120 e. The molecule has 0 heterocycles. The molecule has 0 amide bonds. The molecule has 0 aliphatic rings. The van der Waals surface area contributed by atoms with Crippen molar-refractivity contribution in [2.24, 2.45) is 0 Å². The van der Waals surface area contributed by atoms with Gasteiger partial charge in [0.05, 0.1) is 0 Å².